The van der Waals surface area contributed by atoms with Crippen LogP contribution in [-0.2, 0) is 25.8 Å². The molecule has 1 aromatic rings. The third-order valence-corrected chi connectivity index (χ3v) is 4.98. The minimum Gasteiger partial charge on any atom is -0.461 e. The third kappa shape index (κ3) is 4.52. The largest absolute Gasteiger partial charge is 0.461 e. The molecule has 4 nitrogen and oxygen atoms in total. The fraction of sp³-hybridized carbons (Fsp3) is 0.438. The number of hydrogen-bond acceptors (Lipinski definition) is 4. The van der Waals surface area contributed by atoms with Crippen LogP contribution in [0, 0.1) is 18.3 Å². The number of benzene rings is 1. The van der Waals surface area contributed by atoms with Crippen LogP contribution < -0.4 is 0 Å². The normalized spacial score (nSPS) is 15.9. The van der Waals surface area contributed by atoms with E-state index in [1.165, 1.54) is 12.1 Å². The number of carbonyl (C=O) groups excluding carboxylic acids is 1. The highest BCUT2D eigenvalue weighted by Crippen LogP contribution is 2.35. The molecule has 0 radical (unpaired) electrons. The van der Waals surface area contributed by atoms with Crippen molar-refractivity contribution >= 4 is 15.8 Å². The van der Waals surface area contributed by atoms with Gasteiger partial charge in [-0.05, 0) is 36.5 Å². The Morgan fingerprint density at radius 1 is 1.30 bits per heavy atom. The number of terminal acetylenes is 1. The molecule has 1 saturated carbocycles. The maximum Gasteiger partial charge on any atom is 0.341 e. The second-order valence-corrected chi connectivity index (χ2v) is 7.32. The van der Waals surface area contributed by atoms with Crippen LogP contribution in [-0.4, -0.2) is 26.2 Å². The first-order valence-electron chi connectivity index (χ1n) is 7.08. The first-order valence-corrected chi connectivity index (χ1v) is 8.63. The van der Waals surface area contributed by atoms with Crippen LogP contribution in [0.25, 0.3) is 0 Å². The molecule has 1 aromatic carbocycles. The smallest absolute Gasteiger partial charge is 0.341 e. The fourth-order valence-corrected chi connectivity index (χ4v) is 2.89. The average molecular weight is 342 g/mol. The predicted molar refractivity (Wildman–Crippen MR) is 79.4 cm³/mol. The fourth-order valence-electron chi connectivity index (χ4n) is 2.17. The van der Waals surface area contributed by atoms with Crippen LogP contribution in [0.1, 0.15) is 24.8 Å². The molecule has 23 heavy (non-hydrogen) atoms. The van der Waals surface area contributed by atoms with Crippen LogP contribution >= 0.6 is 0 Å². The molecule has 0 aromatic heterocycles. The Balaban J connectivity index is 1.98. The van der Waals surface area contributed by atoms with Crippen LogP contribution in [0.15, 0.2) is 29.2 Å². The topological polar surface area (TPSA) is 60.4 Å². The third-order valence-electron chi connectivity index (χ3n) is 3.58. The molecular formula is C16H16F2O4S. The van der Waals surface area contributed by atoms with E-state index in [1.807, 2.05) is 0 Å². The van der Waals surface area contributed by atoms with Crippen LogP contribution in [0.3, 0.4) is 0 Å². The monoisotopic (exact) mass is 342 g/mol. The molecule has 0 N–H and O–H groups in total. The number of alkyl halides is 2. The SMILES string of the molecule is C#CC[C@H](OC(=O)Cc1ccc(S(=O)(=O)C(F)F)cc1)C1CC1. The lowest BCUT2D eigenvalue weighted by molar-refractivity contribution is -0.149. The van der Waals surface area contributed by atoms with Crippen molar-refractivity contribution in [3.8, 4) is 12.3 Å². The first kappa shape index (κ1) is 17.4. The molecule has 124 valence electrons. The number of rotatable bonds is 7. The summed E-state index contributed by atoms with van der Waals surface area (Å²) in [6.45, 7) is 0. The van der Waals surface area contributed by atoms with Gasteiger partial charge < -0.3 is 4.74 Å². The van der Waals surface area contributed by atoms with Gasteiger partial charge in [-0.3, -0.25) is 4.79 Å². The second kappa shape index (κ2) is 7.09. The van der Waals surface area contributed by atoms with Gasteiger partial charge in [0.05, 0.1) is 11.3 Å². The molecule has 7 heteroatoms. The lowest BCUT2D eigenvalue weighted by Gasteiger charge is -2.14. The van der Waals surface area contributed by atoms with Gasteiger partial charge in [-0.15, -0.1) is 12.3 Å². The average Bonchev–Trinajstić information content (AvgIpc) is 3.31. The number of esters is 1. The van der Waals surface area contributed by atoms with Gasteiger partial charge in [-0.25, -0.2) is 8.42 Å². The lowest BCUT2D eigenvalue weighted by atomic mass is 10.1. The molecule has 2 rings (SSSR count). The van der Waals surface area contributed by atoms with Crippen molar-refractivity contribution in [1.82, 2.24) is 0 Å². The summed E-state index contributed by atoms with van der Waals surface area (Å²) >= 11 is 0. The highest BCUT2D eigenvalue weighted by Gasteiger charge is 2.33. The summed E-state index contributed by atoms with van der Waals surface area (Å²) in [5.41, 5.74) is 0.485. The van der Waals surface area contributed by atoms with E-state index in [4.69, 9.17) is 11.2 Å². The molecule has 0 heterocycles. The van der Waals surface area contributed by atoms with Crippen molar-refractivity contribution in [2.45, 2.75) is 42.4 Å². The Kier molecular flexibility index (Phi) is 5.37. The Morgan fingerprint density at radius 3 is 2.39 bits per heavy atom. The van der Waals surface area contributed by atoms with Gasteiger partial charge in [0.25, 0.3) is 0 Å². The molecule has 0 unspecified atom stereocenters. The Labute approximate surface area is 133 Å². The Morgan fingerprint density at radius 2 is 1.91 bits per heavy atom. The van der Waals surface area contributed by atoms with Gasteiger partial charge in [0.2, 0.25) is 9.84 Å². The van der Waals surface area contributed by atoms with Gasteiger partial charge in [-0.2, -0.15) is 8.78 Å². The summed E-state index contributed by atoms with van der Waals surface area (Å²) in [5.74, 6) is -1.15. The van der Waals surface area contributed by atoms with Gasteiger partial charge in [-0.1, -0.05) is 12.1 Å². The van der Waals surface area contributed by atoms with Crippen molar-refractivity contribution in [3.63, 3.8) is 0 Å². The van der Waals surface area contributed by atoms with Gasteiger partial charge in [0, 0.05) is 6.42 Å². The van der Waals surface area contributed by atoms with E-state index in [2.05, 4.69) is 5.92 Å². The van der Waals surface area contributed by atoms with Crippen molar-refractivity contribution in [1.29, 1.82) is 0 Å². The summed E-state index contributed by atoms with van der Waals surface area (Å²) in [4.78, 5) is 11.4. The van der Waals surface area contributed by atoms with Crippen molar-refractivity contribution in [2.75, 3.05) is 0 Å². The molecular weight excluding hydrogens is 326 g/mol. The number of hydrogen-bond donors (Lipinski definition) is 0. The summed E-state index contributed by atoms with van der Waals surface area (Å²) in [5, 5.41) is 0. The summed E-state index contributed by atoms with van der Waals surface area (Å²) in [6.07, 6.45) is 7.23. The highest BCUT2D eigenvalue weighted by molar-refractivity contribution is 7.91. The summed E-state index contributed by atoms with van der Waals surface area (Å²) in [7, 11) is -4.62. The predicted octanol–water partition coefficient (Wildman–Crippen LogP) is 2.57. The molecule has 0 spiro atoms. The maximum absolute atomic E-state index is 12.4. The molecule has 0 amide bonds. The molecule has 1 aliphatic rings. The van der Waals surface area contributed by atoms with Gasteiger partial charge in [0.1, 0.15) is 6.10 Å². The van der Waals surface area contributed by atoms with E-state index in [0.717, 1.165) is 25.0 Å². The minimum absolute atomic E-state index is 0.0667. The molecule has 0 aliphatic heterocycles. The zero-order valence-electron chi connectivity index (χ0n) is 12.2. The van der Waals surface area contributed by atoms with E-state index < -0.39 is 26.5 Å². The number of carbonyl (C=O) groups is 1. The quantitative estimate of drug-likeness (QED) is 0.564. The molecule has 0 bridgehead atoms. The zero-order valence-corrected chi connectivity index (χ0v) is 13.1. The number of ether oxygens (including phenoxy) is 1. The second-order valence-electron chi connectivity index (χ2n) is 5.40. The van der Waals surface area contributed by atoms with Crippen LogP contribution in [0.5, 0.6) is 0 Å². The summed E-state index contributed by atoms with van der Waals surface area (Å²) < 4.78 is 52.8. The molecule has 0 saturated heterocycles. The van der Waals surface area contributed by atoms with Gasteiger partial charge in [0.15, 0.2) is 0 Å². The maximum atomic E-state index is 12.4. The lowest BCUT2D eigenvalue weighted by Crippen LogP contribution is -2.21. The van der Waals surface area contributed by atoms with E-state index in [1.54, 1.807) is 0 Å². The van der Waals surface area contributed by atoms with Crippen LogP contribution in [0.2, 0.25) is 0 Å². The molecule has 1 aliphatic carbocycles. The van der Waals surface area contributed by atoms with E-state index >= 15 is 0 Å². The van der Waals surface area contributed by atoms with Gasteiger partial charge >= 0.3 is 11.7 Å². The Bertz CT molecular complexity index is 701. The van der Waals surface area contributed by atoms with Crippen molar-refractivity contribution in [2.24, 2.45) is 5.92 Å². The molecule has 1 atom stereocenters. The summed E-state index contributed by atoms with van der Waals surface area (Å²) in [6, 6.07) is 4.77. The number of sulfone groups is 1. The minimum atomic E-state index is -4.62. The molecule has 1 fully saturated rings. The zero-order chi connectivity index (χ0) is 17.0. The number of halogens is 2. The van der Waals surface area contributed by atoms with Crippen molar-refractivity contribution < 1.29 is 26.7 Å². The first-order chi connectivity index (χ1) is 10.8. The highest BCUT2D eigenvalue weighted by atomic mass is 32.2. The van der Waals surface area contributed by atoms with E-state index in [9.17, 15) is 22.0 Å². The van der Waals surface area contributed by atoms with E-state index in [-0.39, 0.29) is 12.5 Å². The standard InChI is InChI=1S/C16H16F2O4S/c1-2-3-14(12-6-7-12)22-15(19)10-11-4-8-13(9-5-11)23(20,21)16(17)18/h1,4-5,8-9,12,14,16H,3,6-7,10H2/t14-/m0/s1. The van der Waals surface area contributed by atoms with E-state index in [0.29, 0.717) is 17.9 Å². The Hall–Kier alpha value is -1.94. The van der Waals surface area contributed by atoms with Crippen molar-refractivity contribution in [3.05, 3.63) is 29.8 Å². The van der Waals surface area contributed by atoms with Crippen LogP contribution in [0.4, 0.5) is 8.78 Å².